The molecule has 8 nitrogen and oxygen atoms in total. The summed E-state index contributed by atoms with van der Waals surface area (Å²) in [5.74, 6) is -2.28. The Morgan fingerprint density at radius 2 is 1.69 bits per heavy atom. The van der Waals surface area contributed by atoms with Crippen molar-refractivity contribution < 1.29 is 19.1 Å². The van der Waals surface area contributed by atoms with Crippen molar-refractivity contribution in [3.8, 4) is 0 Å². The van der Waals surface area contributed by atoms with Gasteiger partial charge in [-0.15, -0.1) is 0 Å². The highest BCUT2D eigenvalue weighted by atomic mass is 32.2. The van der Waals surface area contributed by atoms with Crippen molar-refractivity contribution in [2.75, 3.05) is 30.5 Å². The van der Waals surface area contributed by atoms with Crippen LogP contribution in [0.1, 0.15) is 23.3 Å². The summed E-state index contributed by atoms with van der Waals surface area (Å²) in [4.78, 5) is 56.3. The number of anilines is 2. The number of benzene rings is 2. The van der Waals surface area contributed by atoms with Crippen molar-refractivity contribution in [1.29, 1.82) is 0 Å². The molecule has 0 spiro atoms. The number of rotatable bonds is 6. The van der Waals surface area contributed by atoms with E-state index in [1.807, 2.05) is 49.3 Å². The van der Waals surface area contributed by atoms with E-state index in [0.717, 1.165) is 22.6 Å². The van der Waals surface area contributed by atoms with Gasteiger partial charge in [0.1, 0.15) is 11.8 Å². The molecule has 2 amide bonds. The van der Waals surface area contributed by atoms with Gasteiger partial charge in [-0.1, -0.05) is 53.4 Å². The van der Waals surface area contributed by atoms with Gasteiger partial charge in [0.15, 0.2) is 0 Å². The van der Waals surface area contributed by atoms with Crippen molar-refractivity contribution in [1.82, 2.24) is 4.57 Å². The third-order valence-electron chi connectivity index (χ3n) is 6.42. The fourth-order valence-electron chi connectivity index (χ4n) is 4.76. The summed E-state index contributed by atoms with van der Waals surface area (Å²) in [5, 5.41) is -0.164. The van der Waals surface area contributed by atoms with E-state index in [1.165, 1.54) is 21.2 Å². The number of amides is 2. The average molecular weight is 524 g/mol. The van der Waals surface area contributed by atoms with Crippen LogP contribution < -0.4 is 14.7 Å². The lowest BCUT2D eigenvalue weighted by Gasteiger charge is -2.31. The molecule has 1 fully saturated rings. The van der Waals surface area contributed by atoms with Gasteiger partial charge in [-0.2, -0.15) is 0 Å². The second kappa shape index (κ2) is 9.59. The van der Waals surface area contributed by atoms with Crippen molar-refractivity contribution in [2.45, 2.75) is 29.7 Å². The minimum Gasteiger partial charge on any atom is -0.465 e. The number of carbonyl (C=O) groups is 3. The number of esters is 1. The number of hydrogen-bond acceptors (Lipinski definition) is 8. The quantitative estimate of drug-likeness (QED) is 0.362. The molecule has 5 rings (SSSR count). The third-order valence-corrected chi connectivity index (χ3v) is 9.03. The molecule has 10 heteroatoms. The van der Waals surface area contributed by atoms with Gasteiger partial charge in [0.25, 0.3) is 0 Å². The molecule has 3 heterocycles. The largest absolute Gasteiger partial charge is 0.465 e. The number of imide groups is 1. The van der Waals surface area contributed by atoms with Crippen LogP contribution in [0.5, 0.6) is 0 Å². The molecule has 0 radical (unpaired) electrons. The van der Waals surface area contributed by atoms with E-state index >= 15 is 0 Å². The molecule has 0 bridgehead atoms. The minimum atomic E-state index is -0.717. The second-order valence-corrected chi connectivity index (χ2v) is 10.9. The number of nitrogens with zero attached hydrogens (tertiary/aromatic N) is 3. The summed E-state index contributed by atoms with van der Waals surface area (Å²) in [7, 11) is 3.89. The molecule has 1 saturated heterocycles. The van der Waals surface area contributed by atoms with Crippen LogP contribution in [-0.4, -0.2) is 48.3 Å². The van der Waals surface area contributed by atoms with Crippen LogP contribution >= 0.6 is 23.1 Å². The molecular formula is C26H25N3O5S2. The molecule has 2 aliphatic rings. The van der Waals surface area contributed by atoms with Gasteiger partial charge < -0.3 is 9.64 Å². The smallest absolute Gasteiger partial charge is 0.326 e. The standard InChI is InChI=1S/C26H25N3O5S2/c1-4-34-18(30)14-28-25-22(36-26(28)33)19(15-10-12-16(13-11-15)27(2)3)20-21(35-25)24(32)29(23(20)31)17-8-6-5-7-9-17/h5-13,19-21H,4,14H2,1-3H3. The van der Waals surface area contributed by atoms with E-state index in [-0.39, 0.29) is 29.8 Å². The Morgan fingerprint density at radius 1 is 1.00 bits per heavy atom. The summed E-state index contributed by atoms with van der Waals surface area (Å²) >= 11 is 2.22. The van der Waals surface area contributed by atoms with Crippen LogP contribution in [0.4, 0.5) is 11.4 Å². The molecule has 36 heavy (non-hydrogen) atoms. The van der Waals surface area contributed by atoms with Gasteiger partial charge in [-0.05, 0) is 36.8 Å². The monoisotopic (exact) mass is 523 g/mol. The van der Waals surface area contributed by atoms with Crippen LogP contribution in [0, 0.1) is 5.92 Å². The van der Waals surface area contributed by atoms with Crippen molar-refractivity contribution in [3.63, 3.8) is 0 Å². The summed E-state index contributed by atoms with van der Waals surface area (Å²) in [5.41, 5.74) is 2.36. The predicted octanol–water partition coefficient (Wildman–Crippen LogP) is 3.33. The summed E-state index contributed by atoms with van der Waals surface area (Å²) in [6.45, 7) is 1.68. The second-order valence-electron chi connectivity index (χ2n) is 8.80. The first-order chi connectivity index (χ1) is 17.3. The number of para-hydroxylation sites is 1. The zero-order valence-electron chi connectivity index (χ0n) is 20.0. The van der Waals surface area contributed by atoms with E-state index in [9.17, 15) is 19.2 Å². The lowest BCUT2D eigenvalue weighted by molar-refractivity contribution is -0.144. The normalized spacial score (nSPS) is 20.8. The molecule has 1 aromatic heterocycles. The number of thioether (sulfide) groups is 1. The summed E-state index contributed by atoms with van der Waals surface area (Å²) in [6.07, 6.45) is 0. The van der Waals surface area contributed by atoms with Gasteiger partial charge in [-0.3, -0.25) is 23.7 Å². The number of carbonyl (C=O) groups excluding carboxylic acids is 3. The minimum absolute atomic E-state index is 0.206. The zero-order valence-corrected chi connectivity index (χ0v) is 21.7. The lowest BCUT2D eigenvalue weighted by Crippen LogP contribution is -2.32. The Balaban J connectivity index is 1.64. The van der Waals surface area contributed by atoms with Gasteiger partial charge in [-0.25, -0.2) is 4.90 Å². The van der Waals surface area contributed by atoms with Crippen LogP contribution in [0.3, 0.4) is 0 Å². The van der Waals surface area contributed by atoms with E-state index in [1.54, 1.807) is 31.2 Å². The molecule has 0 saturated carbocycles. The fraction of sp³-hybridized carbons (Fsp3) is 0.308. The van der Waals surface area contributed by atoms with Crippen LogP contribution in [-0.2, 0) is 25.7 Å². The van der Waals surface area contributed by atoms with Gasteiger partial charge >= 0.3 is 10.8 Å². The molecule has 0 aliphatic carbocycles. The number of fused-ring (bicyclic) bond motifs is 2. The molecule has 2 aromatic carbocycles. The molecule has 3 aromatic rings. The molecule has 0 N–H and O–H groups in total. The topological polar surface area (TPSA) is 88.9 Å². The van der Waals surface area contributed by atoms with Crippen LogP contribution in [0.2, 0.25) is 0 Å². The Morgan fingerprint density at radius 3 is 2.33 bits per heavy atom. The third kappa shape index (κ3) is 4.04. The Hall–Kier alpha value is -3.37. The fourth-order valence-corrected chi connectivity index (χ4v) is 7.53. The maximum absolute atomic E-state index is 13.8. The van der Waals surface area contributed by atoms with E-state index in [0.29, 0.717) is 15.6 Å². The first-order valence-electron chi connectivity index (χ1n) is 11.6. The van der Waals surface area contributed by atoms with Gasteiger partial charge in [0.2, 0.25) is 11.8 Å². The number of hydrogen-bond donors (Lipinski definition) is 0. The van der Waals surface area contributed by atoms with E-state index in [2.05, 4.69) is 0 Å². The number of ether oxygens (including phenoxy) is 1. The van der Waals surface area contributed by atoms with E-state index in [4.69, 9.17) is 4.74 Å². The van der Waals surface area contributed by atoms with Crippen molar-refractivity contribution in [3.05, 3.63) is 74.7 Å². The van der Waals surface area contributed by atoms with Crippen LogP contribution in [0.15, 0.2) is 64.4 Å². The molecule has 186 valence electrons. The summed E-state index contributed by atoms with van der Waals surface area (Å²) in [6, 6.07) is 16.7. The number of thiazole rings is 1. The van der Waals surface area contributed by atoms with Gasteiger partial charge in [0, 0.05) is 30.6 Å². The number of aromatic nitrogens is 1. The van der Waals surface area contributed by atoms with E-state index < -0.39 is 23.1 Å². The first-order valence-corrected chi connectivity index (χ1v) is 13.3. The maximum atomic E-state index is 13.8. The summed E-state index contributed by atoms with van der Waals surface area (Å²) < 4.78 is 6.45. The Bertz CT molecular complexity index is 1380. The SMILES string of the molecule is CCOC(=O)Cn1c2c(sc1=O)C(c1ccc(N(C)C)cc1)C1C(=O)N(c3ccccc3)C(=O)C1S2. The van der Waals surface area contributed by atoms with Crippen molar-refractivity contribution in [2.24, 2.45) is 5.92 Å². The van der Waals surface area contributed by atoms with Crippen molar-refractivity contribution >= 4 is 52.3 Å². The van der Waals surface area contributed by atoms with Gasteiger partial charge in [0.05, 0.1) is 23.2 Å². The highest BCUT2D eigenvalue weighted by Crippen LogP contribution is 2.53. The highest BCUT2D eigenvalue weighted by molar-refractivity contribution is 8.00. The zero-order chi connectivity index (χ0) is 25.6. The molecule has 3 unspecified atom stereocenters. The lowest BCUT2D eigenvalue weighted by atomic mass is 9.83. The molecule has 2 aliphatic heterocycles. The van der Waals surface area contributed by atoms with Crippen LogP contribution in [0.25, 0.3) is 0 Å². The molecule has 3 atom stereocenters. The highest BCUT2D eigenvalue weighted by Gasteiger charge is 2.56. The predicted molar refractivity (Wildman–Crippen MR) is 140 cm³/mol. The maximum Gasteiger partial charge on any atom is 0.326 e. The Kier molecular flexibility index (Phi) is 6.48. The Labute approximate surface area is 216 Å². The average Bonchev–Trinajstić information content (AvgIpc) is 3.31. The molecular weight excluding hydrogens is 498 g/mol. The first kappa shape index (κ1) is 24.3.